The van der Waals surface area contributed by atoms with Gasteiger partial charge in [-0.05, 0) is 35.4 Å². The van der Waals surface area contributed by atoms with Crippen LogP contribution in [0.25, 0.3) is 22.3 Å². The van der Waals surface area contributed by atoms with Gasteiger partial charge in [-0.2, -0.15) is 0 Å². The first kappa shape index (κ1) is 15.7. The van der Waals surface area contributed by atoms with E-state index >= 15 is 0 Å². The van der Waals surface area contributed by atoms with Gasteiger partial charge in [0.15, 0.2) is 5.75 Å². The molecule has 0 atom stereocenters. The topological polar surface area (TPSA) is 12.5 Å². The van der Waals surface area contributed by atoms with Crippen molar-refractivity contribution in [2.75, 3.05) is 11.9 Å². The molecular weight excluding hydrogens is 330 g/mol. The molecule has 0 fully saturated rings. The zero-order valence-corrected chi connectivity index (χ0v) is 15.1. The second-order valence-corrected chi connectivity index (χ2v) is 6.69. The van der Waals surface area contributed by atoms with Crippen molar-refractivity contribution >= 4 is 11.4 Å². The average molecular weight is 349 g/mol. The van der Waals surface area contributed by atoms with Crippen LogP contribution in [0.15, 0.2) is 97.1 Å². The Hall–Kier alpha value is -3.52. The molecule has 0 unspecified atom stereocenters. The zero-order chi connectivity index (χ0) is 18.2. The Kier molecular flexibility index (Phi) is 3.68. The Morgan fingerprint density at radius 1 is 0.556 bits per heavy atom. The predicted octanol–water partition coefficient (Wildman–Crippen LogP) is 6.89. The molecule has 1 heterocycles. The zero-order valence-electron chi connectivity index (χ0n) is 15.1. The number of ether oxygens (including phenoxy) is 1. The maximum atomic E-state index is 6.52. The summed E-state index contributed by atoms with van der Waals surface area (Å²) in [6, 6.07) is 33.5. The summed E-state index contributed by atoms with van der Waals surface area (Å²) >= 11 is 0. The lowest BCUT2D eigenvalue weighted by Crippen LogP contribution is -2.10. The van der Waals surface area contributed by atoms with Gasteiger partial charge in [-0.15, -0.1) is 0 Å². The Morgan fingerprint density at radius 2 is 1.15 bits per heavy atom. The molecule has 0 spiro atoms. The number of nitrogens with zero attached hydrogens (tertiary/aromatic N) is 1. The highest BCUT2D eigenvalue weighted by atomic mass is 16.5. The van der Waals surface area contributed by atoms with Crippen LogP contribution in [0.4, 0.5) is 11.4 Å². The van der Waals surface area contributed by atoms with Crippen molar-refractivity contribution in [1.82, 2.24) is 0 Å². The summed E-state index contributed by atoms with van der Waals surface area (Å²) in [7, 11) is 2.08. The smallest absolute Gasteiger partial charge is 0.158 e. The van der Waals surface area contributed by atoms with E-state index in [1.54, 1.807) is 0 Å². The molecule has 0 amide bonds. The third kappa shape index (κ3) is 2.58. The van der Waals surface area contributed by atoms with Crippen LogP contribution < -0.4 is 9.64 Å². The van der Waals surface area contributed by atoms with Gasteiger partial charge in [0.2, 0.25) is 0 Å². The van der Waals surface area contributed by atoms with Crippen LogP contribution in [0, 0.1) is 0 Å². The van der Waals surface area contributed by atoms with Crippen LogP contribution in [0.1, 0.15) is 0 Å². The van der Waals surface area contributed by atoms with Crippen molar-refractivity contribution in [3.05, 3.63) is 97.1 Å². The summed E-state index contributed by atoms with van der Waals surface area (Å²) in [6.07, 6.45) is 0. The van der Waals surface area contributed by atoms with Crippen LogP contribution >= 0.6 is 0 Å². The molecule has 1 aliphatic heterocycles. The third-order valence-electron chi connectivity index (χ3n) is 5.11. The van der Waals surface area contributed by atoms with Gasteiger partial charge in [-0.3, -0.25) is 0 Å². The molecule has 5 rings (SSSR count). The number of anilines is 2. The molecule has 0 aromatic heterocycles. The van der Waals surface area contributed by atoms with E-state index in [0.29, 0.717) is 0 Å². The second kappa shape index (κ2) is 6.33. The Bertz CT molecular complexity index is 1120. The van der Waals surface area contributed by atoms with Gasteiger partial charge in [-0.25, -0.2) is 0 Å². The molecule has 0 bridgehead atoms. The van der Waals surface area contributed by atoms with Gasteiger partial charge in [0.25, 0.3) is 0 Å². The second-order valence-electron chi connectivity index (χ2n) is 6.69. The number of fused-ring (bicyclic) bond motifs is 5. The van der Waals surface area contributed by atoms with E-state index in [1.165, 1.54) is 11.1 Å². The predicted molar refractivity (Wildman–Crippen MR) is 112 cm³/mol. The maximum Gasteiger partial charge on any atom is 0.158 e. The highest BCUT2D eigenvalue weighted by Crippen LogP contribution is 2.50. The molecule has 2 nitrogen and oxygen atoms in total. The van der Waals surface area contributed by atoms with Crippen molar-refractivity contribution in [2.45, 2.75) is 0 Å². The molecule has 0 N–H and O–H groups in total. The van der Waals surface area contributed by atoms with Gasteiger partial charge >= 0.3 is 0 Å². The molecule has 0 saturated carbocycles. The largest absolute Gasteiger partial charge is 0.454 e. The average Bonchev–Trinajstić information content (AvgIpc) is 2.88. The van der Waals surface area contributed by atoms with E-state index < -0.39 is 0 Å². The molecule has 0 aliphatic carbocycles. The number of hydrogen-bond donors (Lipinski definition) is 0. The molecule has 4 aromatic carbocycles. The van der Waals surface area contributed by atoms with E-state index in [1.807, 2.05) is 18.2 Å². The minimum absolute atomic E-state index is 0.887. The SMILES string of the molecule is CN(c1ccccc1)c1cccc2c1Oc1ccccc1-c1ccccc1-2. The molecule has 2 heteroatoms. The van der Waals surface area contributed by atoms with Crippen LogP contribution in [-0.4, -0.2) is 7.05 Å². The number of hydrogen-bond acceptors (Lipinski definition) is 2. The Labute approximate surface area is 159 Å². The van der Waals surface area contributed by atoms with Crippen molar-refractivity contribution in [1.29, 1.82) is 0 Å². The lowest BCUT2D eigenvalue weighted by molar-refractivity contribution is 0.488. The van der Waals surface area contributed by atoms with Gasteiger partial charge in [0.05, 0.1) is 5.69 Å². The fourth-order valence-corrected chi connectivity index (χ4v) is 3.74. The van der Waals surface area contributed by atoms with Crippen LogP contribution in [-0.2, 0) is 0 Å². The molecule has 27 heavy (non-hydrogen) atoms. The van der Waals surface area contributed by atoms with Crippen molar-refractivity contribution in [3.63, 3.8) is 0 Å². The summed E-state index contributed by atoms with van der Waals surface area (Å²) in [5, 5.41) is 0. The minimum atomic E-state index is 0.887. The number of benzene rings is 4. The molecule has 0 radical (unpaired) electrons. The first-order valence-corrected chi connectivity index (χ1v) is 9.11. The van der Waals surface area contributed by atoms with Gasteiger partial charge < -0.3 is 9.64 Å². The quantitative estimate of drug-likeness (QED) is 0.344. The summed E-state index contributed by atoms with van der Waals surface area (Å²) in [5.41, 5.74) is 6.80. The van der Waals surface area contributed by atoms with Crippen LogP contribution in [0.3, 0.4) is 0 Å². The Morgan fingerprint density at radius 3 is 1.93 bits per heavy atom. The monoisotopic (exact) mass is 349 g/mol. The van der Waals surface area contributed by atoms with Crippen molar-refractivity contribution in [2.24, 2.45) is 0 Å². The number of para-hydroxylation sites is 3. The van der Waals surface area contributed by atoms with E-state index in [0.717, 1.165) is 34.0 Å². The summed E-state index contributed by atoms with van der Waals surface area (Å²) in [5.74, 6) is 1.78. The van der Waals surface area contributed by atoms with Gasteiger partial charge in [-0.1, -0.05) is 72.8 Å². The van der Waals surface area contributed by atoms with Crippen LogP contribution in [0.5, 0.6) is 11.5 Å². The van der Waals surface area contributed by atoms with E-state index in [-0.39, 0.29) is 0 Å². The first-order chi connectivity index (χ1) is 13.3. The fourth-order valence-electron chi connectivity index (χ4n) is 3.74. The normalized spacial score (nSPS) is 11.4. The highest BCUT2D eigenvalue weighted by Gasteiger charge is 2.23. The van der Waals surface area contributed by atoms with E-state index in [4.69, 9.17) is 4.74 Å². The van der Waals surface area contributed by atoms with E-state index in [9.17, 15) is 0 Å². The maximum absolute atomic E-state index is 6.52. The lowest BCUT2D eigenvalue weighted by Gasteiger charge is -2.23. The van der Waals surface area contributed by atoms with Crippen molar-refractivity contribution in [3.8, 4) is 33.8 Å². The van der Waals surface area contributed by atoms with Crippen LogP contribution in [0.2, 0.25) is 0 Å². The summed E-state index contributed by atoms with van der Waals surface area (Å²) in [4.78, 5) is 2.18. The van der Waals surface area contributed by atoms with Crippen molar-refractivity contribution < 1.29 is 4.74 Å². The molecule has 0 saturated heterocycles. The van der Waals surface area contributed by atoms with Gasteiger partial charge in [0, 0.05) is 23.9 Å². The van der Waals surface area contributed by atoms with E-state index in [2.05, 4.69) is 90.8 Å². The van der Waals surface area contributed by atoms with Gasteiger partial charge in [0.1, 0.15) is 5.75 Å². The fraction of sp³-hybridized carbons (Fsp3) is 0.0400. The Balaban J connectivity index is 1.77. The molecule has 130 valence electrons. The molecular formula is C25H19NO. The standard InChI is InChI=1S/C25H19NO/c1-26(18-10-3-2-4-11-18)23-16-9-15-22-20-13-6-5-12-19(20)21-14-7-8-17-24(21)27-25(22)23/h2-17H,1H3. The summed E-state index contributed by atoms with van der Waals surface area (Å²) < 4.78 is 6.52. The lowest BCUT2D eigenvalue weighted by atomic mass is 9.94. The third-order valence-corrected chi connectivity index (χ3v) is 5.11. The number of rotatable bonds is 2. The summed E-state index contributed by atoms with van der Waals surface area (Å²) in [6.45, 7) is 0. The molecule has 4 aromatic rings. The first-order valence-electron chi connectivity index (χ1n) is 9.11. The minimum Gasteiger partial charge on any atom is -0.454 e. The molecule has 1 aliphatic rings. The highest BCUT2D eigenvalue weighted by molar-refractivity contribution is 5.93.